The summed E-state index contributed by atoms with van der Waals surface area (Å²) in [6.07, 6.45) is 2.29. The zero-order valence-corrected chi connectivity index (χ0v) is 7.49. The van der Waals surface area contributed by atoms with E-state index in [1.165, 1.54) is 0 Å². The molecule has 1 amide bonds. The number of rotatable bonds is 0. The van der Waals surface area contributed by atoms with Crippen molar-refractivity contribution in [2.45, 2.75) is 25.4 Å². The van der Waals surface area contributed by atoms with Crippen LogP contribution in [0.4, 0.5) is 0 Å². The zero-order chi connectivity index (χ0) is 7.56. The predicted octanol–water partition coefficient (Wildman–Crippen LogP) is 0.872. The van der Waals surface area contributed by atoms with Gasteiger partial charge in [0, 0.05) is 20.0 Å². The van der Waals surface area contributed by atoms with Crippen LogP contribution in [0.5, 0.6) is 0 Å². The first kappa shape index (κ1) is 8.00. The average molecular weight is 159 g/mol. The van der Waals surface area contributed by atoms with Crippen LogP contribution in [0.1, 0.15) is 19.8 Å². The Kier molecular flexibility index (Phi) is 2.67. The Morgan fingerprint density at radius 2 is 2.00 bits per heavy atom. The van der Waals surface area contributed by atoms with E-state index in [0.29, 0.717) is 0 Å². The fourth-order valence-electron chi connectivity index (χ4n) is 1.21. The highest BCUT2D eigenvalue weighted by Crippen LogP contribution is 2.17. The van der Waals surface area contributed by atoms with Crippen molar-refractivity contribution in [3.05, 3.63) is 0 Å². The molecule has 0 aromatic carbocycles. The number of amides is 1. The normalized spacial score (nSPS) is 21.2. The van der Waals surface area contributed by atoms with Crippen molar-refractivity contribution >= 4 is 15.1 Å². The molecule has 1 saturated heterocycles. The fraction of sp³-hybridized carbons (Fsp3) is 0.857. The third kappa shape index (κ3) is 1.95. The van der Waals surface area contributed by atoms with E-state index >= 15 is 0 Å². The van der Waals surface area contributed by atoms with Crippen molar-refractivity contribution in [1.82, 2.24) is 4.90 Å². The SMILES string of the molecule is CC(=O)N1CCC(P)CC1. The highest BCUT2D eigenvalue weighted by molar-refractivity contribution is 7.17. The molecular formula is C7H14NOP. The lowest BCUT2D eigenvalue weighted by Gasteiger charge is -2.29. The molecule has 0 radical (unpaired) electrons. The third-order valence-electron chi connectivity index (χ3n) is 1.98. The van der Waals surface area contributed by atoms with Gasteiger partial charge in [0.15, 0.2) is 0 Å². The van der Waals surface area contributed by atoms with Gasteiger partial charge in [-0.2, -0.15) is 0 Å². The smallest absolute Gasteiger partial charge is 0.219 e. The van der Waals surface area contributed by atoms with Gasteiger partial charge in [-0.25, -0.2) is 0 Å². The van der Waals surface area contributed by atoms with Crippen LogP contribution in [0.15, 0.2) is 0 Å². The summed E-state index contributed by atoms with van der Waals surface area (Å²) in [5, 5.41) is 0. The summed E-state index contributed by atoms with van der Waals surface area (Å²) >= 11 is 0. The maximum Gasteiger partial charge on any atom is 0.219 e. The van der Waals surface area contributed by atoms with Crippen molar-refractivity contribution in [2.24, 2.45) is 0 Å². The van der Waals surface area contributed by atoms with Crippen LogP contribution in [0, 0.1) is 0 Å². The Labute approximate surface area is 64.2 Å². The first-order valence-electron chi connectivity index (χ1n) is 3.71. The molecule has 0 bridgehead atoms. The van der Waals surface area contributed by atoms with Crippen LogP contribution in [-0.2, 0) is 4.79 Å². The number of hydrogen-bond donors (Lipinski definition) is 0. The lowest BCUT2D eigenvalue weighted by Crippen LogP contribution is -2.37. The van der Waals surface area contributed by atoms with Gasteiger partial charge in [0.1, 0.15) is 0 Å². The van der Waals surface area contributed by atoms with Crippen molar-refractivity contribution in [1.29, 1.82) is 0 Å². The maximum atomic E-state index is 10.8. The van der Waals surface area contributed by atoms with E-state index in [1.807, 2.05) is 4.90 Å². The number of likely N-dealkylation sites (tertiary alicyclic amines) is 1. The molecule has 1 aliphatic rings. The van der Waals surface area contributed by atoms with Crippen LogP contribution in [0.25, 0.3) is 0 Å². The average Bonchev–Trinajstić information content (AvgIpc) is 1.88. The zero-order valence-electron chi connectivity index (χ0n) is 6.34. The van der Waals surface area contributed by atoms with Crippen molar-refractivity contribution < 1.29 is 4.79 Å². The van der Waals surface area contributed by atoms with Gasteiger partial charge < -0.3 is 4.90 Å². The molecule has 1 unspecified atom stereocenters. The number of hydrogen-bond acceptors (Lipinski definition) is 1. The molecule has 58 valence electrons. The fourth-order valence-corrected chi connectivity index (χ4v) is 1.51. The van der Waals surface area contributed by atoms with E-state index in [9.17, 15) is 4.79 Å². The molecule has 1 aliphatic heterocycles. The van der Waals surface area contributed by atoms with Gasteiger partial charge in [-0.05, 0) is 18.5 Å². The monoisotopic (exact) mass is 159 g/mol. The topological polar surface area (TPSA) is 20.3 Å². The standard InChI is InChI=1S/C7H14NOP/c1-6(9)8-4-2-7(10)3-5-8/h7H,2-5,10H2,1H3. The second-order valence-electron chi connectivity index (χ2n) is 2.84. The summed E-state index contributed by atoms with van der Waals surface area (Å²) < 4.78 is 0. The number of carbonyl (C=O) groups excluding carboxylic acids is 1. The van der Waals surface area contributed by atoms with E-state index in [0.717, 1.165) is 31.6 Å². The van der Waals surface area contributed by atoms with Gasteiger partial charge in [0.25, 0.3) is 0 Å². The van der Waals surface area contributed by atoms with E-state index < -0.39 is 0 Å². The molecule has 1 fully saturated rings. The summed E-state index contributed by atoms with van der Waals surface area (Å²) in [5.41, 5.74) is 0.732. The summed E-state index contributed by atoms with van der Waals surface area (Å²) in [5.74, 6) is 0.219. The first-order valence-corrected chi connectivity index (χ1v) is 4.38. The van der Waals surface area contributed by atoms with Crippen molar-refractivity contribution in [3.63, 3.8) is 0 Å². The van der Waals surface area contributed by atoms with Crippen LogP contribution < -0.4 is 0 Å². The first-order chi connectivity index (χ1) is 4.70. The van der Waals surface area contributed by atoms with E-state index in [-0.39, 0.29) is 5.91 Å². The molecule has 1 rings (SSSR count). The molecule has 3 heteroatoms. The lowest BCUT2D eigenvalue weighted by atomic mass is 10.1. The Morgan fingerprint density at radius 1 is 1.50 bits per heavy atom. The Bertz CT molecular complexity index is 130. The largest absolute Gasteiger partial charge is 0.343 e. The Balaban J connectivity index is 2.33. The molecule has 10 heavy (non-hydrogen) atoms. The molecule has 0 aromatic heterocycles. The highest BCUT2D eigenvalue weighted by atomic mass is 31.0. The Hall–Kier alpha value is -0.100. The number of nitrogens with zero attached hydrogens (tertiary/aromatic N) is 1. The molecule has 0 spiro atoms. The summed E-state index contributed by atoms with van der Waals surface area (Å²) in [6, 6.07) is 0. The molecule has 0 aliphatic carbocycles. The van der Waals surface area contributed by atoms with Gasteiger partial charge in [0.2, 0.25) is 5.91 Å². The van der Waals surface area contributed by atoms with Crippen LogP contribution in [0.2, 0.25) is 0 Å². The minimum Gasteiger partial charge on any atom is -0.343 e. The van der Waals surface area contributed by atoms with E-state index in [2.05, 4.69) is 9.24 Å². The van der Waals surface area contributed by atoms with Crippen molar-refractivity contribution in [2.75, 3.05) is 13.1 Å². The van der Waals surface area contributed by atoms with Gasteiger partial charge in [-0.15, -0.1) is 9.24 Å². The van der Waals surface area contributed by atoms with E-state index in [4.69, 9.17) is 0 Å². The third-order valence-corrected chi connectivity index (χ3v) is 2.65. The van der Waals surface area contributed by atoms with Crippen LogP contribution in [-0.4, -0.2) is 29.6 Å². The van der Waals surface area contributed by atoms with Gasteiger partial charge in [-0.1, -0.05) is 0 Å². The molecule has 0 aromatic rings. The van der Waals surface area contributed by atoms with Gasteiger partial charge in [-0.3, -0.25) is 4.79 Å². The summed E-state index contributed by atoms with van der Waals surface area (Å²) in [6.45, 7) is 3.54. The minimum absolute atomic E-state index is 0.219. The van der Waals surface area contributed by atoms with Gasteiger partial charge in [0.05, 0.1) is 0 Å². The summed E-state index contributed by atoms with van der Waals surface area (Å²) in [7, 11) is 2.82. The second-order valence-corrected chi connectivity index (χ2v) is 3.79. The number of carbonyl (C=O) groups is 1. The van der Waals surface area contributed by atoms with E-state index in [1.54, 1.807) is 6.92 Å². The minimum atomic E-state index is 0.219. The predicted molar refractivity (Wildman–Crippen MR) is 45.0 cm³/mol. The molecule has 0 N–H and O–H groups in total. The second kappa shape index (κ2) is 3.34. The Morgan fingerprint density at radius 3 is 2.40 bits per heavy atom. The maximum absolute atomic E-state index is 10.8. The van der Waals surface area contributed by atoms with Crippen LogP contribution >= 0.6 is 9.24 Å². The van der Waals surface area contributed by atoms with Crippen molar-refractivity contribution in [3.8, 4) is 0 Å². The molecule has 1 atom stereocenters. The quantitative estimate of drug-likeness (QED) is 0.480. The molecule has 0 saturated carbocycles. The summed E-state index contributed by atoms with van der Waals surface area (Å²) in [4.78, 5) is 12.7. The molecular weight excluding hydrogens is 145 g/mol. The number of piperidine rings is 1. The van der Waals surface area contributed by atoms with Gasteiger partial charge >= 0.3 is 0 Å². The highest BCUT2D eigenvalue weighted by Gasteiger charge is 2.16. The lowest BCUT2D eigenvalue weighted by molar-refractivity contribution is -0.129. The molecule has 2 nitrogen and oxygen atoms in total. The molecule has 1 heterocycles. The van der Waals surface area contributed by atoms with Crippen LogP contribution in [0.3, 0.4) is 0 Å².